The average molecular weight is 299 g/mol. The Morgan fingerprint density at radius 2 is 2.00 bits per heavy atom. The summed E-state index contributed by atoms with van der Waals surface area (Å²) in [6, 6.07) is 9.22. The number of aryl methyl sites for hydroxylation is 1. The van der Waals surface area contributed by atoms with Gasteiger partial charge < -0.3 is 4.98 Å². The molecule has 2 aromatic rings. The van der Waals surface area contributed by atoms with Crippen molar-refractivity contribution < 1.29 is 0 Å². The molecule has 0 aliphatic rings. The van der Waals surface area contributed by atoms with E-state index in [0.29, 0.717) is 5.15 Å². The summed E-state index contributed by atoms with van der Waals surface area (Å²) in [6.07, 6.45) is 0. The Morgan fingerprint density at radius 3 is 2.69 bits per heavy atom. The Kier molecular flexibility index (Phi) is 3.17. The molecule has 1 N–H and O–H groups in total. The van der Waals surface area contributed by atoms with Gasteiger partial charge in [0, 0.05) is 10.5 Å². The fourth-order valence-corrected chi connectivity index (χ4v) is 2.14. The zero-order valence-corrected chi connectivity index (χ0v) is 10.9. The lowest BCUT2D eigenvalue weighted by molar-refractivity contribution is 1.24. The van der Waals surface area contributed by atoms with Crippen molar-refractivity contribution in [3.8, 4) is 11.1 Å². The van der Waals surface area contributed by atoms with E-state index in [1.165, 1.54) is 0 Å². The standard InChI is InChI=1S/C12H9BrClNO/c1-7-2-3-9(13)6-10(7)8-4-11(14)15-12(16)5-8/h2-6H,1H3,(H,15,16). The zero-order valence-electron chi connectivity index (χ0n) is 8.55. The molecule has 1 heterocycles. The summed E-state index contributed by atoms with van der Waals surface area (Å²) in [7, 11) is 0. The molecule has 0 spiro atoms. The Balaban J connectivity index is 2.66. The van der Waals surface area contributed by atoms with Gasteiger partial charge in [0.15, 0.2) is 0 Å². The molecule has 1 aromatic heterocycles. The third kappa shape index (κ3) is 2.36. The summed E-state index contributed by atoms with van der Waals surface area (Å²) in [5, 5.41) is 0.349. The lowest BCUT2D eigenvalue weighted by Crippen LogP contribution is -2.04. The number of benzene rings is 1. The van der Waals surface area contributed by atoms with Gasteiger partial charge in [-0.3, -0.25) is 4.79 Å². The highest BCUT2D eigenvalue weighted by Crippen LogP contribution is 2.26. The Bertz CT molecular complexity index is 592. The highest BCUT2D eigenvalue weighted by molar-refractivity contribution is 9.10. The molecule has 2 rings (SSSR count). The van der Waals surface area contributed by atoms with Crippen LogP contribution in [0.15, 0.2) is 39.6 Å². The van der Waals surface area contributed by atoms with Gasteiger partial charge in [-0.2, -0.15) is 0 Å². The number of H-pyrrole nitrogens is 1. The van der Waals surface area contributed by atoms with Gasteiger partial charge in [-0.1, -0.05) is 33.6 Å². The summed E-state index contributed by atoms with van der Waals surface area (Å²) in [5.41, 5.74) is 2.74. The Morgan fingerprint density at radius 1 is 1.25 bits per heavy atom. The van der Waals surface area contributed by atoms with E-state index in [-0.39, 0.29) is 5.56 Å². The maximum Gasteiger partial charge on any atom is 0.249 e. The minimum Gasteiger partial charge on any atom is -0.313 e. The molecule has 4 heteroatoms. The highest BCUT2D eigenvalue weighted by Gasteiger charge is 2.04. The van der Waals surface area contributed by atoms with Crippen LogP contribution in [0.25, 0.3) is 11.1 Å². The van der Waals surface area contributed by atoms with Crippen molar-refractivity contribution >= 4 is 27.5 Å². The number of rotatable bonds is 1. The Labute approximate surface area is 106 Å². The summed E-state index contributed by atoms with van der Waals surface area (Å²) >= 11 is 9.24. The molecule has 0 aliphatic carbocycles. The van der Waals surface area contributed by atoms with E-state index >= 15 is 0 Å². The van der Waals surface area contributed by atoms with Crippen LogP contribution >= 0.6 is 27.5 Å². The van der Waals surface area contributed by atoms with Gasteiger partial charge >= 0.3 is 0 Å². The molecule has 0 radical (unpaired) electrons. The zero-order chi connectivity index (χ0) is 11.7. The lowest BCUT2D eigenvalue weighted by atomic mass is 10.0. The molecule has 0 fully saturated rings. The first kappa shape index (κ1) is 11.4. The van der Waals surface area contributed by atoms with Crippen molar-refractivity contribution in [2.24, 2.45) is 0 Å². The number of halogens is 2. The van der Waals surface area contributed by atoms with Gasteiger partial charge in [0.1, 0.15) is 5.15 Å². The number of nitrogens with one attached hydrogen (secondary N) is 1. The SMILES string of the molecule is Cc1ccc(Br)cc1-c1cc(Cl)[nH]c(=O)c1. The van der Waals surface area contributed by atoms with Crippen molar-refractivity contribution in [1.29, 1.82) is 0 Å². The number of hydrogen-bond donors (Lipinski definition) is 1. The summed E-state index contributed by atoms with van der Waals surface area (Å²) in [5.74, 6) is 0. The van der Waals surface area contributed by atoms with E-state index in [1.54, 1.807) is 12.1 Å². The van der Waals surface area contributed by atoms with Crippen LogP contribution in [0.5, 0.6) is 0 Å². The molecule has 0 atom stereocenters. The fourth-order valence-electron chi connectivity index (χ4n) is 1.57. The lowest BCUT2D eigenvalue weighted by Gasteiger charge is -2.06. The minimum atomic E-state index is -0.193. The van der Waals surface area contributed by atoms with Gasteiger partial charge in [0.05, 0.1) is 0 Å². The number of hydrogen-bond acceptors (Lipinski definition) is 1. The monoisotopic (exact) mass is 297 g/mol. The van der Waals surface area contributed by atoms with E-state index in [4.69, 9.17) is 11.6 Å². The molecule has 16 heavy (non-hydrogen) atoms. The largest absolute Gasteiger partial charge is 0.313 e. The first-order valence-corrected chi connectivity index (χ1v) is 5.90. The van der Waals surface area contributed by atoms with E-state index in [0.717, 1.165) is 21.2 Å². The van der Waals surface area contributed by atoms with Crippen molar-refractivity contribution in [1.82, 2.24) is 4.98 Å². The molecule has 1 aromatic carbocycles. The van der Waals surface area contributed by atoms with Crippen LogP contribution in [0.4, 0.5) is 0 Å². The second kappa shape index (κ2) is 4.44. The molecule has 82 valence electrons. The highest BCUT2D eigenvalue weighted by atomic mass is 79.9. The number of pyridine rings is 1. The Hall–Kier alpha value is -1.06. The first-order chi connectivity index (χ1) is 7.56. The van der Waals surface area contributed by atoms with Crippen LogP contribution < -0.4 is 5.56 Å². The molecule has 0 bridgehead atoms. The quantitative estimate of drug-likeness (QED) is 0.799. The molecular formula is C12H9BrClNO. The molecule has 0 saturated carbocycles. The topological polar surface area (TPSA) is 32.9 Å². The third-order valence-corrected chi connectivity index (χ3v) is 3.02. The number of aromatic nitrogens is 1. The molecule has 0 unspecified atom stereocenters. The van der Waals surface area contributed by atoms with Gasteiger partial charge in [0.2, 0.25) is 5.56 Å². The summed E-state index contributed by atoms with van der Waals surface area (Å²) in [4.78, 5) is 13.8. The first-order valence-electron chi connectivity index (χ1n) is 4.72. The predicted molar refractivity (Wildman–Crippen MR) is 69.9 cm³/mol. The molecule has 0 aliphatic heterocycles. The van der Waals surface area contributed by atoms with Crippen LogP contribution in [0.1, 0.15) is 5.56 Å². The van der Waals surface area contributed by atoms with Crippen LogP contribution in [0.2, 0.25) is 5.15 Å². The average Bonchev–Trinajstić information content (AvgIpc) is 2.20. The smallest absolute Gasteiger partial charge is 0.249 e. The van der Waals surface area contributed by atoms with Crippen molar-refractivity contribution in [3.63, 3.8) is 0 Å². The van der Waals surface area contributed by atoms with Gasteiger partial charge in [-0.05, 0) is 41.8 Å². The van der Waals surface area contributed by atoms with Gasteiger partial charge in [-0.15, -0.1) is 0 Å². The second-order valence-electron chi connectivity index (χ2n) is 3.54. The third-order valence-electron chi connectivity index (χ3n) is 2.32. The van der Waals surface area contributed by atoms with Crippen LogP contribution in [0.3, 0.4) is 0 Å². The van der Waals surface area contributed by atoms with Crippen LogP contribution in [0, 0.1) is 6.92 Å². The van der Waals surface area contributed by atoms with Gasteiger partial charge in [-0.25, -0.2) is 0 Å². The van der Waals surface area contributed by atoms with Crippen molar-refractivity contribution in [2.75, 3.05) is 0 Å². The van der Waals surface area contributed by atoms with Gasteiger partial charge in [0.25, 0.3) is 0 Å². The maximum absolute atomic E-state index is 11.3. The minimum absolute atomic E-state index is 0.193. The summed E-state index contributed by atoms with van der Waals surface area (Å²) < 4.78 is 0.976. The van der Waals surface area contributed by atoms with Crippen molar-refractivity contribution in [3.05, 3.63) is 55.9 Å². The predicted octanol–water partition coefficient (Wildman–Crippen LogP) is 3.77. The number of aromatic amines is 1. The molecule has 2 nitrogen and oxygen atoms in total. The molecule has 0 amide bonds. The van der Waals surface area contributed by atoms with Crippen molar-refractivity contribution in [2.45, 2.75) is 6.92 Å². The van der Waals surface area contributed by atoms with E-state index in [9.17, 15) is 4.79 Å². The van der Waals surface area contributed by atoms with Crippen LogP contribution in [-0.4, -0.2) is 4.98 Å². The fraction of sp³-hybridized carbons (Fsp3) is 0.0833. The van der Waals surface area contributed by atoms with Crippen LogP contribution in [-0.2, 0) is 0 Å². The molecular weight excluding hydrogens is 289 g/mol. The molecule has 0 saturated heterocycles. The second-order valence-corrected chi connectivity index (χ2v) is 4.86. The van der Waals surface area contributed by atoms with E-state index < -0.39 is 0 Å². The van der Waals surface area contributed by atoms with E-state index in [2.05, 4.69) is 20.9 Å². The summed E-state index contributed by atoms with van der Waals surface area (Å²) in [6.45, 7) is 2.00. The maximum atomic E-state index is 11.3. The normalized spacial score (nSPS) is 10.4. The van der Waals surface area contributed by atoms with E-state index in [1.807, 2.05) is 25.1 Å².